The fourth-order valence-electron chi connectivity index (χ4n) is 4.64. The van der Waals surface area contributed by atoms with Crippen LogP contribution in [-0.2, 0) is 33.7 Å². The van der Waals surface area contributed by atoms with Gasteiger partial charge in [-0.1, -0.05) is 24.3 Å². The first kappa shape index (κ1) is 26.5. The predicted octanol–water partition coefficient (Wildman–Crippen LogP) is 3.48. The Morgan fingerprint density at radius 1 is 1.08 bits per heavy atom. The second-order valence-electron chi connectivity index (χ2n) is 10.8. The Bertz CT molecular complexity index is 1300. The average molecular weight is 535 g/mol. The minimum Gasteiger partial charge on any atom is -0.469 e. The fraction of sp³-hybridized carbons (Fsp3) is 0.464. The van der Waals surface area contributed by atoms with E-state index in [0.29, 0.717) is 36.0 Å². The number of ether oxygens (including phenoxy) is 3. The van der Waals surface area contributed by atoms with Gasteiger partial charge in [-0.15, -0.1) is 5.10 Å². The van der Waals surface area contributed by atoms with Crippen LogP contribution in [0.25, 0.3) is 11.1 Å². The van der Waals surface area contributed by atoms with Crippen LogP contribution in [0.3, 0.4) is 0 Å². The lowest BCUT2D eigenvalue weighted by Crippen LogP contribution is -2.57. The number of anilines is 1. The molecule has 3 aromatic rings. The third-order valence-electron chi connectivity index (χ3n) is 6.45. The molecule has 0 spiro atoms. The van der Waals surface area contributed by atoms with Crippen LogP contribution < -0.4 is 10.1 Å². The molecule has 0 bridgehead atoms. The van der Waals surface area contributed by atoms with E-state index in [2.05, 4.69) is 44.6 Å². The summed E-state index contributed by atoms with van der Waals surface area (Å²) in [6, 6.07) is 8.68. The molecule has 11 nitrogen and oxygen atoms in total. The molecule has 1 saturated heterocycles. The van der Waals surface area contributed by atoms with Crippen molar-refractivity contribution in [3.05, 3.63) is 54.0 Å². The smallest absolute Gasteiger partial charge is 0.410 e. The van der Waals surface area contributed by atoms with Crippen molar-refractivity contribution >= 4 is 18.0 Å². The number of benzene rings is 1. The van der Waals surface area contributed by atoms with Crippen molar-refractivity contribution in [2.75, 3.05) is 25.0 Å². The van der Waals surface area contributed by atoms with Crippen LogP contribution in [0.5, 0.6) is 5.88 Å². The molecule has 1 N–H and O–H groups in total. The molecule has 0 saturated carbocycles. The van der Waals surface area contributed by atoms with E-state index in [-0.39, 0.29) is 31.4 Å². The van der Waals surface area contributed by atoms with Gasteiger partial charge in [0.1, 0.15) is 18.2 Å². The first-order valence-corrected chi connectivity index (χ1v) is 13.2. The Morgan fingerprint density at radius 3 is 2.36 bits per heavy atom. The van der Waals surface area contributed by atoms with Crippen molar-refractivity contribution in [1.29, 1.82) is 0 Å². The van der Waals surface area contributed by atoms with Crippen molar-refractivity contribution in [2.45, 2.75) is 64.8 Å². The van der Waals surface area contributed by atoms with Gasteiger partial charge in [-0.2, -0.15) is 0 Å². The van der Waals surface area contributed by atoms with Crippen molar-refractivity contribution in [3.8, 4) is 17.0 Å². The predicted molar refractivity (Wildman–Crippen MR) is 143 cm³/mol. The normalized spacial score (nSPS) is 15.4. The summed E-state index contributed by atoms with van der Waals surface area (Å²) >= 11 is 0. The maximum absolute atomic E-state index is 12.3. The van der Waals surface area contributed by atoms with Crippen LogP contribution in [0, 0.1) is 0 Å². The molecule has 0 unspecified atom stereocenters. The standard InChI is InChI=1S/C28H34N6O5/c1-5-37-24(35)17-34-16-23(25(32-34)38-22-14-33(15-22)27(36)39-28(2,3)4)20-12-29-26(30-13-20)31-21-10-18-8-6-7-9-19(18)11-21/h6-9,12-13,16,21-22H,5,10-11,14-15,17H2,1-4H3,(H,29,30,31). The highest BCUT2D eigenvalue weighted by molar-refractivity contribution is 5.71. The van der Waals surface area contributed by atoms with Crippen molar-refractivity contribution < 1.29 is 23.8 Å². The number of nitrogens with one attached hydrogen (secondary N) is 1. The lowest BCUT2D eigenvalue weighted by molar-refractivity contribution is -0.144. The summed E-state index contributed by atoms with van der Waals surface area (Å²) in [5, 5.41) is 7.90. The van der Waals surface area contributed by atoms with E-state index in [0.717, 1.165) is 12.8 Å². The zero-order valence-electron chi connectivity index (χ0n) is 22.7. The first-order valence-electron chi connectivity index (χ1n) is 13.2. The van der Waals surface area contributed by atoms with Gasteiger partial charge >= 0.3 is 12.1 Å². The molecular weight excluding hydrogens is 500 g/mol. The van der Waals surface area contributed by atoms with Crippen LogP contribution in [0.2, 0.25) is 0 Å². The highest BCUT2D eigenvalue weighted by atomic mass is 16.6. The monoisotopic (exact) mass is 534 g/mol. The number of amides is 1. The maximum Gasteiger partial charge on any atom is 0.410 e. The van der Waals surface area contributed by atoms with Crippen molar-refractivity contribution in [2.24, 2.45) is 0 Å². The SMILES string of the molecule is CCOC(=O)Cn1cc(-c2cnc(NC3Cc4ccccc4C3)nc2)c(OC2CN(C(=O)OC(C)(C)C)C2)n1. The third kappa shape index (κ3) is 6.47. The van der Waals surface area contributed by atoms with E-state index in [1.807, 2.05) is 20.8 Å². The molecule has 11 heteroatoms. The third-order valence-corrected chi connectivity index (χ3v) is 6.45. The van der Waals surface area contributed by atoms with Gasteiger partial charge in [0.05, 0.1) is 25.3 Å². The molecule has 1 fully saturated rings. The van der Waals surface area contributed by atoms with Gasteiger partial charge in [-0.3, -0.25) is 9.48 Å². The van der Waals surface area contributed by atoms with Crippen molar-refractivity contribution in [1.82, 2.24) is 24.6 Å². The van der Waals surface area contributed by atoms with Gasteiger partial charge in [0, 0.05) is 30.2 Å². The van der Waals surface area contributed by atoms with Gasteiger partial charge in [-0.05, 0) is 51.7 Å². The number of hydrogen-bond donors (Lipinski definition) is 1. The zero-order valence-corrected chi connectivity index (χ0v) is 22.7. The maximum atomic E-state index is 12.3. The molecule has 3 heterocycles. The molecular formula is C28H34N6O5. The molecule has 1 aliphatic carbocycles. The second kappa shape index (κ2) is 10.9. The number of hydrogen-bond acceptors (Lipinski definition) is 9. The summed E-state index contributed by atoms with van der Waals surface area (Å²) in [6.45, 7) is 8.23. The Kier molecular flexibility index (Phi) is 7.40. The van der Waals surface area contributed by atoms with Crippen LogP contribution in [0.4, 0.5) is 10.7 Å². The number of rotatable bonds is 8. The van der Waals surface area contributed by atoms with Crippen LogP contribution in [-0.4, -0.2) is 74.2 Å². The van der Waals surface area contributed by atoms with Crippen molar-refractivity contribution in [3.63, 3.8) is 0 Å². The summed E-state index contributed by atoms with van der Waals surface area (Å²) < 4.78 is 18.1. The Labute approximate surface area is 227 Å². The average Bonchev–Trinajstić information content (AvgIpc) is 3.43. The minimum atomic E-state index is -0.565. The van der Waals surface area contributed by atoms with Crippen LogP contribution in [0.1, 0.15) is 38.8 Å². The lowest BCUT2D eigenvalue weighted by Gasteiger charge is -2.39. The van der Waals surface area contributed by atoms with E-state index in [1.165, 1.54) is 15.8 Å². The van der Waals surface area contributed by atoms with E-state index < -0.39 is 11.6 Å². The number of nitrogens with zero attached hydrogens (tertiary/aromatic N) is 5. The topological polar surface area (TPSA) is 121 Å². The summed E-state index contributed by atoms with van der Waals surface area (Å²) in [7, 11) is 0. The van der Waals surface area contributed by atoms with Gasteiger partial charge in [0.25, 0.3) is 0 Å². The molecule has 206 valence electrons. The summed E-state index contributed by atoms with van der Waals surface area (Å²) in [6.07, 6.45) is 6.37. The highest BCUT2D eigenvalue weighted by Crippen LogP contribution is 2.31. The number of carbonyl (C=O) groups excluding carboxylic acids is 2. The molecule has 0 atom stereocenters. The summed E-state index contributed by atoms with van der Waals surface area (Å²) in [5.74, 6) is 0.486. The molecule has 39 heavy (non-hydrogen) atoms. The number of likely N-dealkylation sites (tertiary alicyclic amines) is 1. The molecule has 2 aromatic heterocycles. The molecule has 1 aromatic carbocycles. The quantitative estimate of drug-likeness (QED) is 0.433. The number of esters is 1. The van der Waals surface area contributed by atoms with E-state index in [4.69, 9.17) is 14.2 Å². The van der Waals surface area contributed by atoms with Crippen LogP contribution >= 0.6 is 0 Å². The van der Waals surface area contributed by atoms with Gasteiger partial charge in [-0.25, -0.2) is 14.8 Å². The fourth-order valence-corrected chi connectivity index (χ4v) is 4.64. The molecule has 0 radical (unpaired) electrons. The van der Waals surface area contributed by atoms with E-state index >= 15 is 0 Å². The minimum absolute atomic E-state index is 0.0539. The van der Waals surface area contributed by atoms with E-state index in [9.17, 15) is 9.59 Å². The molecule has 1 aliphatic heterocycles. The molecule has 1 amide bonds. The number of aromatic nitrogens is 4. The Morgan fingerprint density at radius 2 is 1.74 bits per heavy atom. The lowest BCUT2D eigenvalue weighted by atomic mass is 10.1. The first-order chi connectivity index (χ1) is 18.7. The number of fused-ring (bicyclic) bond motifs is 1. The van der Waals surface area contributed by atoms with Gasteiger partial charge < -0.3 is 24.4 Å². The van der Waals surface area contributed by atoms with Crippen LogP contribution in [0.15, 0.2) is 42.9 Å². The summed E-state index contributed by atoms with van der Waals surface area (Å²) in [4.78, 5) is 35.0. The Hall–Kier alpha value is -4.15. The number of carbonyl (C=O) groups is 2. The molecule has 2 aliphatic rings. The summed E-state index contributed by atoms with van der Waals surface area (Å²) in [5.41, 5.74) is 3.48. The largest absolute Gasteiger partial charge is 0.469 e. The second-order valence-corrected chi connectivity index (χ2v) is 10.8. The highest BCUT2D eigenvalue weighted by Gasteiger charge is 2.36. The Balaban J connectivity index is 1.27. The van der Waals surface area contributed by atoms with Gasteiger partial charge in [0.15, 0.2) is 0 Å². The molecule has 5 rings (SSSR count). The van der Waals surface area contributed by atoms with E-state index in [1.54, 1.807) is 30.4 Å². The zero-order chi connectivity index (χ0) is 27.6. The van der Waals surface area contributed by atoms with Gasteiger partial charge in [0.2, 0.25) is 11.8 Å².